The molecule has 4 heteroatoms. The largest absolute Gasteiger partial charge is 0.459 e. The van der Waals surface area contributed by atoms with Gasteiger partial charge in [-0.15, -0.1) is 0 Å². The van der Waals surface area contributed by atoms with Crippen molar-refractivity contribution in [3.8, 4) is 0 Å². The van der Waals surface area contributed by atoms with E-state index in [1.54, 1.807) is 0 Å². The predicted molar refractivity (Wildman–Crippen MR) is 87.1 cm³/mol. The molecule has 0 saturated heterocycles. The topological polar surface area (TPSA) is 55.6 Å². The lowest BCUT2D eigenvalue weighted by Crippen LogP contribution is -2.57. The van der Waals surface area contributed by atoms with Gasteiger partial charge in [0.15, 0.2) is 0 Å². The molecule has 0 heterocycles. The standard InChI is InChI=1S/C17H34N2O2/c1-6-11-19(12-15(20)21-16(3,4)5)17(13-18)9-7-14(2)8-10-17/h14H,6-13,18H2,1-5H3. The summed E-state index contributed by atoms with van der Waals surface area (Å²) in [7, 11) is 0. The van der Waals surface area contributed by atoms with E-state index in [4.69, 9.17) is 10.5 Å². The maximum absolute atomic E-state index is 12.2. The molecule has 0 unspecified atom stereocenters. The molecule has 0 radical (unpaired) electrons. The molecule has 4 nitrogen and oxygen atoms in total. The van der Waals surface area contributed by atoms with Crippen molar-refractivity contribution >= 4 is 5.97 Å². The lowest BCUT2D eigenvalue weighted by atomic mass is 9.76. The van der Waals surface area contributed by atoms with Gasteiger partial charge in [0.25, 0.3) is 0 Å². The van der Waals surface area contributed by atoms with Gasteiger partial charge in [0, 0.05) is 12.1 Å². The first-order valence-corrected chi connectivity index (χ1v) is 8.39. The van der Waals surface area contributed by atoms with Gasteiger partial charge in [0.05, 0.1) is 6.54 Å². The molecule has 1 saturated carbocycles. The lowest BCUT2D eigenvalue weighted by molar-refractivity contribution is -0.158. The van der Waals surface area contributed by atoms with Crippen LogP contribution in [-0.4, -0.2) is 41.6 Å². The first-order chi connectivity index (χ1) is 9.72. The average molecular weight is 298 g/mol. The van der Waals surface area contributed by atoms with Gasteiger partial charge in [0.1, 0.15) is 5.60 Å². The molecule has 1 fully saturated rings. The van der Waals surface area contributed by atoms with Crippen LogP contribution in [0.25, 0.3) is 0 Å². The third kappa shape index (κ3) is 5.59. The van der Waals surface area contributed by atoms with E-state index in [0.717, 1.165) is 31.7 Å². The number of carbonyl (C=O) groups is 1. The Morgan fingerprint density at radius 1 is 1.33 bits per heavy atom. The SMILES string of the molecule is CCCN(CC(=O)OC(C)(C)C)C1(CN)CCC(C)CC1. The Labute approximate surface area is 130 Å². The van der Waals surface area contributed by atoms with E-state index in [9.17, 15) is 4.79 Å². The van der Waals surface area contributed by atoms with Crippen LogP contribution in [0.3, 0.4) is 0 Å². The highest BCUT2D eigenvalue weighted by Gasteiger charge is 2.39. The van der Waals surface area contributed by atoms with Crippen molar-refractivity contribution < 1.29 is 9.53 Å². The molecule has 1 aliphatic carbocycles. The zero-order valence-corrected chi connectivity index (χ0v) is 14.6. The van der Waals surface area contributed by atoms with Crippen molar-refractivity contribution in [3.63, 3.8) is 0 Å². The lowest BCUT2D eigenvalue weighted by Gasteiger charge is -2.47. The van der Waals surface area contributed by atoms with Gasteiger partial charge in [0.2, 0.25) is 0 Å². The normalized spacial score (nSPS) is 26.9. The number of ether oxygens (including phenoxy) is 1. The van der Waals surface area contributed by atoms with Crippen LogP contribution in [0.1, 0.15) is 66.7 Å². The van der Waals surface area contributed by atoms with Crippen LogP contribution in [0.4, 0.5) is 0 Å². The minimum atomic E-state index is -0.425. The Bertz CT molecular complexity index is 328. The molecule has 1 aliphatic rings. The Hall–Kier alpha value is -0.610. The maximum Gasteiger partial charge on any atom is 0.320 e. The summed E-state index contributed by atoms with van der Waals surface area (Å²) in [5.74, 6) is 0.636. The number of nitrogens with two attached hydrogens (primary N) is 1. The van der Waals surface area contributed by atoms with Gasteiger partial charge >= 0.3 is 5.97 Å². The average Bonchev–Trinajstić information content (AvgIpc) is 2.37. The van der Waals surface area contributed by atoms with Crippen LogP contribution in [0.2, 0.25) is 0 Å². The highest BCUT2D eigenvalue weighted by atomic mass is 16.6. The summed E-state index contributed by atoms with van der Waals surface area (Å²) < 4.78 is 5.49. The first-order valence-electron chi connectivity index (χ1n) is 8.39. The Kier molecular flexibility index (Phi) is 6.67. The summed E-state index contributed by atoms with van der Waals surface area (Å²) in [6.07, 6.45) is 5.61. The monoisotopic (exact) mass is 298 g/mol. The zero-order valence-electron chi connectivity index (χ0n) is 14.6. The van der Waals surface area contributed by atoms with Crippen LogP contribution in [0.5, 0.6) is 0 Å². The van der Waals surface area contributed by atoms with E-state index in [0.29, 0.717) is 13.1 Å². The molecule has 0 amide bonds. The molecule has 0 spiro atoms. The van der Waals surface area contributed by atoms with Crippen LogP contribution in [-0.2, 0) is 9.53 Å². The van der Waals surface area contributed by atoms with E-state index in [1.807, 2.05) is 20.8 Å². The van der Waals surface area contributed by atoms with Crippen molar-refractivity contribution in [2.24, 2.45) is 11.7 Å². The summed E-state index contributed by atoms with van der Waals surface area (Å²) >= 11 is 0. The van der Waals surface area contributed by atoms with E-state index >= 15 is 0 Å². The fourth-order valence-corrected chi connectivity index (χ4v) is 3.23. The minimum Gasteiger partial charge on any atom is -0.459 e. The van der Waals surface area contributed by atoms with E-state index in [1.165, 1.54) is 12.8 Å². The highest BCUT2D eigenvalue weighted by molar-refractivity contribution is 5.72. The van der Waals surface area contributed by atoms with Crippen LogP contribution in [0.15, 0.2) is 0 Å². The molecule has 0 aromatic carbocycles. The summed E-state index contributed by atoms with van der Waals surface area (Å²) in [6.45, 7) is 12.1. The quantitative estimate of drug-likeness (QED) is 0.766. The summed E-state index contributed by atoms with van der Waals surface area (Å²) in [5.41, 5.74) is 5.68. The van der Waals surface area contributed by atoms with Crippen molar-refractivity contribution in [1.82, 2.24) is 4.90 Å². The van der Waals surface area contributed by atoms with Crippen molar-refractivity contribution in [3.05, 3.63) is 0 Å². The maximum atomic E-state index is 12.2. The second-order valence-electron chi connectivity index (χ2n) is 7.62. The molecule has 1 rings (SSSR count). The van der Waals surface area contributed by atoms with Gasteiger partial charge < -0.3 is 10.5 Å². The second kappa shape index (κ2) is 7.59. The van der Waals surface area contributed by atoms with E-state index in [-0.39, 0.29) is 11.5 Å². The second-order valence-corrected chi connectivity index (χ2v) is 7.62. The van der Waals surface area contributed by atoms with Crippen molar-refractivity contribution in [1.29, 1.82) is 0 Å². The fourth-order valence-electron chi connectivity index (χ4n) is 3.23. The molecule has 2 N–H and O–H groups in total. The highest BCUT2D eigenvalue weighted by Crippen LogP contribution is 2.36. The third-order valence-electron chi connectivity index (χ3n) is 4.49. The molecular weight excluding hydrogens is 264 g/mol. The molecule has 0 aromatic heterocycles. The van der Waals surface area contributed by atoms with Gasteiger partial charge in [-0.05, 0) is 65.3 Å². The predicted octanol–water partition coefficient (Wildman–Crippen LogP) is 2.95. The number of nitrogens with zero attached hydrogens (tertiary/aromatic N) is 1. The molecule has 21 heavy (non-hydrogen) atoms. The van der Waals surface area contributed by atoms with Crippen LogP contribution in [0, 0.1) is 5.92 Å². The summed E-state index contributed by atoms with van der Waals surface area (Å²) in [6, 6.07) is 0. The van der Waals surface area contributed by atoms with Gasteiger partial charge in [-0.3, -0.25) is 9.69 Å². The van der Waals surface area contributed by atoms with Gasteiger partial charge in [-0.2, -0.15) is 0 Å². The summed E-state index contributed by atoms with van der Waals surface area (Å²) in [5, 5.41) is 0. The van der Waals surface area contributed by atoms with E-state index < -0.39 is 5.60 Å². The number of esters is 1. The number of rotatable bonds is 6. The molecule has 124 valence electrons. The Morgan fingerprint density at radius 2 is 1.90 bits per heavy atom. The molecule has 0 aromatic rings. The number of carbonyl (C=O) groups excluding carboxylic acids is 1. The van der Waals surface area contributed by atoms with Crippen molar-refractivity contribution in [2.45, 2.75) is 77.9 Å². The van der Waals surface area contributed by atoms with E-state index in [2.05, 4.69) is 18.7 Å². The zero-order chi connectivity index (χ0) is 16.1. The number of hydrogen-bond donors (Lipinski definition) is 1. The van der Waals surface area contributed by atoms with Crippen LogP contribution >= 0.6 is 0 Å². The minimum absolute atomic E-state index is 0.0145. The van der Waals surface area contributed by atoms with Crippen LogP contribution < -0.4 is 5.73 Å². The fraction of sp³-hybridized carbons (Fsp3) is 0.941. The third-order valence-corrected chi connectivity index (χ3v) is 4.49. The van der Waals surface area contributed by atoms with Crippen molar-refractivity contribution in [2.75, 3.05) is 19.6 Å². The number of hydrogen-bond acceptors (Lipinski definition) is 4. The Morgan fingerprint density at radius 3 is 2.33 bits per heavy atom. The van der Waals surface area contributed by atoms with Gasteiger partial charge in [-0.1, -0.05) is 13.8 Å². The molecule has 0 atom stereocenters. The molecule has 0 aliphatic heterocycles. The molecule has 0 bridgehead atoms. The Balaban J connectivity index is 2.76. The smallest absolute Gasteiger partial charge is 0.320 e. The summed E-state index contributed by atoms with van der Waals surface area (Å²) in [4.78, 5) is 14.5. The van der Waals surface area contributed by atoms with Gasteiger partial charge in [-0.25, -0.2) is 0 Å². The first kappa shape index (κ1) is 18.4. The molecular formula is C17H34N2O2.